The number of aryl methyl sites for hydroxylation is 1. The highest BCUT2D eigenvalue weighted by Gasteiger charge is 2.33. The van der Waals surface area contributed by atoms with Crippen molar-refractivity contribution in [3.8, 4) is 0 Å². The Morgan fingerprint density at radius 3 is 3.00 bits per heavy atom. The van der Waals surface area contributed by atoms with Gasteiger partial charge in [0.1, 0.15) is 11.8 Å². The highest BCUT2D eigenvalue weighted by molar-refractivity contribution is 5.92. The minimum absolute atomic E-state index is 0.0593. The van der Waals surface area contributed by atoms with Gasteiger partial charge < -0.3 is 10.1 Å². The zero-order valence-corrected chi connectivity index (χ0v) is 13.1. The topological polar surface area (TPSA) is 86.9 Å². The molecule has 1 aliphatic heterocycles. The van der Waals surface area contributed by atoms with E-state index in [-0.39, 0.29) is 18.1 Å². The molecule has 0 spiro atoms. The maximum Gasteiger partial charge on any atom is 0.271 e. The Bertz CT molecular complexity index is 704. The van der Waals surface area contributed by atoms with Gasteiger partial charge in [0, 0.05) is 32.0 Å². The Balaban J connectivity index is 1.44. The summed E-state index contributed by atoms with van der Waals surface area (Å²) in [6.07, 6.45) is 8.60. The minimum atomic E-state index is -0.177. The van der Waals surface area contributed by atoms with Crippen LogP contribution in [-0.2, 0) is 18.3 Å². The fourth-order valence-corrected chi connectivity index (χ4v) is 2.99. The predicted molar refractivity (Wildman–Crippen MR) is 80.5 cm³/mol. The van der Waals surface area contributed by atoms with Gasteiger partial charge in [0.2, 0.25) is 0 Å². The number of nitrogens with one attached hydrogen (secondary N) is 1. The molecule has 1 amide bonds. The van der Waals surface area contributed by atoms with Crippen molar-refractivity contribution < 1.29 is 9.53 Å². The van der Waals surface area contributed by atoms with E-state index in [1.54, 1.807) is 7.05 Å². The first-order valence-corrected chi connectivity index (χ1v) is 8.00. The minimum Gasteiger partial charge on any atom is -0.371 e. The van der Waals surface area contributed by atoms with Crippen LogP contribution in [0.4, 0.5) is 0 Å². The van der Waals surface area contributed by atoms with Crippen LogP contribution in [0, 0.1) is 5.92 Å². The quantitative estimate of drug-likeness (QED) is 0.876. The lowest BCUT2D eigenvalue weighted by atomic mass is 10.1. The predicted octanol–water partition coefficient (Wildman–Crippen LogP) is 0.682. The first kappa shape index (κ1) is 14.4. The first-order valence-electron chi connectivity index (χ1n) is 8.00. The number of nitrogens with zero attached hydrogens (tertiary/aromatic N) is 5. The molecule has 1 aliphatic carbocycles. The molecule has 23 heavy (non-hydrogen) atoms. The second-order valence-electron chi connectivity index (χ2n) is 6.34. The van der Waals surface area contributed by atoms with E-state index in [9.17, 15) is 4.79 Å². The monoisotopic (exact) mass is 316 g/mol. The second kappa shape index (κ2) is 5.77. The molecule has 2 aliphatic rings. The summed E-state index contributed by atoms with van der Waals surface area (Å²) in [5.74, 6) is 0.600. The van der Waals surface area contributed by atoms with Gasteiger partial charge in [0.15, 0.2) is 0 Å². The molecular weight excluding hydrogens is 296 g/mol. The Morgan fingerprint density at radius 2 is 2.26 bits per heavy atom. The number of carbonyl (C=O) groups excluding carboxylic acids is 1. The Morgan fingerprint density at radius 1 is 1.39 bits per heavy atom. The van der Waals surface area contributed by atoms with Crippen molar-refractivity contribution in [2.45, 2.75) is 38.0 Å². The van der Waals surface area contributed by atoms with Crippen molar-refractivity contribution in [3.05, 3.63) is 29.8 Å². The van der Waals surface area contributed by atoms with Crippen molar-refractivity contribution in [1.29, 1.82) is 0 Å². The molecule has 3 heterocycles. The van der Waals surface area contributed by atoms with Gasteiger partial charge >= 0.3 is 0 Å². The maximum absolute atomic E-state index is 12.3. The van der Waals surface area contributed by atoms with Gasteiger partial charge in [0.25, 0.3) is 5.91 Å². The van der Waals surface area contributed by atoms with Crippen molar-refractivity contribution in [2.24, 2.45) is 13.0 Å². The molecule has 2 fully saturated rings. The Hall–Kier alpha value is -2.22. The van der Waals surface area contributed by atoms with Crippen LogP contribution in [0.15, 0.2) is 18.6 Å². The number of carbonyl (C=O) groups is 1. The molecule has 0 radical (unpaired) electrons. The fourth-order valence-electron chi connectivity index (χ4n) is 2.99. The molecule has 0 aromatic carbocycles. The van der Waals surface area contributed by atoms with Crippen molar-refractivity contribution in [2.75, 3.05) is 6.61 Å². The molecule has 8 heteroatoms. The zero-order valence-electron chi connectivity index (χ0n) is 13.1. The van der Waals surface area contributed by atoms with Crippen LogP contribution in [0.2, 0.25) is 0 Å². The summed E-state index contributed by atoms with van der Waals surface area (Å²) >= 11 is 0. The van der Waals surface area contributed by atoms with Gasteiger partial charge in [0.05, 0.1) is 18.4 Å². The molecular formula is C15H20N6O2. The summed E-state index contributed by atoms with van der Waals surface area (Å²) in [5, 5.41) is 15.0. The van der Waals surface area contributed by atoms with Gasteiger partial charge in [-0.05, 0) is 25.2 Å². The highest BCUT2D eigenvalue weighted by atomic mass is 16.5. The number of aromatic nitrogens is 5. The van der Waals surface area contributed by atoms with Gasteiger partial charge in [-0.25, -0.2) is 4.68 Å². The average molecular weight is 316 g/mol. The number of hydrogen-bond acceptors (Lipinski definition) is 5. The highest BCUT2D eigenvalue weighted by Crippen LogP contribution is 2.32. The van der Waals surface area contributed by atoms with Crippen LogP contribution in [0.5, 0.6) is 0 Å². The third-order valence-electron chi connectivity index (χ3n) is 4.48. The summed E-state index contributed by atoms with van der Waals surface area (Å²) < 4.78 is 9.28. The molecule has 1 saturated carbocycles. The molecule has 122 valence electrons. The number of hydrogen-bond donors (Lipinski definition) is 1. The van der Waals surface area contributed by atoms with E-state index < -0.39 is 0 Å². The third-order valence-corrected chi connectivity index (χ3v) is 4.48. The van der Waals surface area contributed by atoms with E-state index in [4.69, 9.17) is 4.74 Å². The van der Waals surface area contributed by atoms with Crippen LogP contribution >= 0.6 is 0 Å². The van der Waals surface area contributed by atoms with Crippen LogP contribution in [0.1, 0.15) is 41.4 Å². The molecule has 8 nitrogen and oxygen atoms in total. The number of rotatable bonds is 5. The van der Waals surface area contributed by atoms with Gasteiger partial charge in [-0.2, -0.15) is 5.10 Å². The van der Waals surface area contributed by atoms with Gasteiger partial charge in [-0.1, -0.05) is 5.21 Å². The average Bonchev–Trinajstić information content (AvgIpc) is 2.93. The summed E-state index contributed by atoms with van der Waals surface area (Å²) in [5.41, 5.74) is 1.47. The molecule has 4 rings (SSSR count). The van der Waals surface area contributed by atoms with Crippen molar-refractivity contribution in [3.63, 3.8) is 0 Å². The molecule has 1 saturated heterocycles. The van der Waals surface area contributed by atoms with E-state index in [2.05, 4.69) is 20.7 Å². The van der Waals surface area contributed by atoms with E-state index in [0.29, 0.717) is 12.3 Å². The summed E-state index contributed by atoms with van der Waals surface area (Å²) in [7, 11) is 1.70. The van der Waals surface area contributed by atoms with E-state index in [1.807, 2.05) is 17.1 Å². The van der Waals surface area contributed by atoms with Crippen LogP contribution < -0.4 is 5.32 Å². The van der Waals surface area contributed by atoms with Crippen molar-refractivity contribution in [1.82, 2.24) is 30.1 Å². The van der Waals surface area contributed by atoms with E-state index in [0.717, 1.165) is 24.4 Å². The van der Waals surface area contributed by atoms with Crippen LogP contribution in [-0.4, -0.2) is 43.3 Å². The normalized spacial score (nSPS) is 24.0. The molecule has 0 unspecified atom stereocenters. The summed E-state index contributed by atoms with van der Waals surface area (Å²) in [6, 6.07) is -0.0593. The standard InChI is InChI=1S/C15H20N6O2/c1-20-13(7-16-19-20)15(22)18-12-4-5-23-14(12)11-6-17-21(9-11)8-10-2-3-10/h6-7,9-10,12,14H,2-5,8H2,1H3,(H,18,22)/t12-,14+/m0/s1. The van der Waals surface area contributed by atoms with Crippen LogP contribution in [0.3, 0.4) is 0 Å². The largest absolute Gasteiger partial charge is 0.371 e. The third kappa shape index (κ3) is 2.98. The maximum atomic E-state index is 12.3. The molecule has 2 atom stereocenters. The smallest absolute Gasteiger partial charge is 0.271 e. The number of amides is 1. The van der Waals surface area contributed by atoms with Gasteiger partial charge in [-0.3, -0.25) is 9.48 Å². The van der Waals surface area contributed by atoms with Crippen molar-refractivity contribution >= 4 is 5.91 Å². The zero-order chi connectivity index (χ0) is 15.8. The van der Waals surface area contributed by atoms with Gasteiger partial charge in [-0.15, -0.1) is 5.10 Å². The SMILES string of the molecule is Cn1nncc1C(=O)N[C@H]1CCO[C@@H]1c1cnn(CC2CC2)c1. The summed E-state index contributed by atoms with van der Waals surface area (Å²) in [6.45, 7) is 1.61. The molecule has 2 aromatic heterocycles. The molecule has 2 aromatic rings. The van der Waals surface area contributed by atoms with E-state index >= 15 is 0 Å². The fraction of sp³-hybridized carbons (Fsp3) is 0.600. The molecule has 0 bridgehead atoms. The summed E-state index contributed by atoms with van der Waals surface area (Å²) in [4.78, 5) is 12.3. The number of ether oxygens (including phenoxy) is 1. The lowest BCUT2D eigenvalue weighted by Gasteiger charge is -2.18. The Kier molecular flexibility index (Phi) is 3.60. The van der Waals surface area contributed by atoms with E-state index in [1.165, 1.54) is 23.7 Å². The first-order chi connectivity index (χ1) is 11.2. The Labute approximate surface area is 133 Å². The van der Waals surface area contributed by atoms with Crippen LogP contribution in [0.25, 0.3) is 0 Å². The molecule has 1 N–H and O–H groups in total. The lowest BCUT2D eigenvalue weighted by Crippen LogP contribution is -2.37. The lowest BCUT2D eigenvalue weighted by molar-refractivity contribution is 0.0814. The second-order valence-corrected chi connectivity index (χ2v) is 6.34.